The van der Waals surface area contributed by atoms with Crippen molar-refractivity contribution in [1.82, 2.24) is 9.78 Å². The molecule has 5 nitrogen and oxygen atoms in total. The molecule has 0 aliphatic heterocycles. The van der Waals surface area contributed by atoms with Gasteiger partial charge in [0.1, 0.15) is 0 Å². The van der Waals surface area contributed by atoms with Crippen LogP contribution in [-0.2, 0) is 7.05 Å². The summed E-state index contributed by atoms with van der Waals surface area (Å²) in [6.07, 6.45) is 3.25. The third-order valence-electron chi connectivity index (χ3n) is 3.12. The Bertz CT molecular complexity index is 822. The lowest BCUT2D eigenvalue weighted by Gasteiger charge is -2.07. The molecule has 0 aliphatic rings. The number of thiophene rings is 1. The van der Waals surface area contributed by atoms with E-state index >= 15 is 0 Å². The van der Waals surface area contributed by atoms with Crippen molar-refractivity contribution >= 4 is 28.7 Å². The molecular formula is C16H13N3O2S. The fourth-order valence-corrected chi connectivity index (χ4v) is 2.78. The molecule has 2 heterocycles. The number of rotatable bonds is 4. The molecule has 0 atom stereocenters. The van der Waals surface area contributed by atoms with Crippen molar-refractivity contribution < 1.29 is 9.59 Å². The van der Waals surface area contributed by atoms with Crippen molar-refractivity contribution in [2.24, 2.45) is 7.05 Å². The van der Waals surface area contributed by atoms with Crippen molar-refractivity contribution in [1.29, 1.82) is 0 Å². The topological polar surface area (TPSA) is 64.0 Å². The highest BCUT2D eigenvalue weighted by atomic mass is 32.1. The van der Waals surface area contributed by atoms with E-state index in [-0.39, 0.29) is 11.7 Å². The Hall–Kier alpha value is -2.73. The first-order valence-corrected chi connectivity index (χ1v) is 7.50. The van der Waals surface area contributed by atoms with E-state index in [0.717, 1.165) is 0 Å². The van der Waals surface area contributed by atoms with Gasteiger partial charge in [0.05, 0.1) is 22.3 Å². The predicted molar refractivity (Wildman–Crippen MR) is 85.4 cm³/mol. The number of hydrogen-bond acceptors (Lipinski definition) is 4. The van der Waals surface area contributed by atoms with E-state index < -0.39 is 0 Å². The van der Waals surface area contributed by atoms with E-state index in [0.29, 0.717) is 21.7 Å². The first-order chi connectivity index (χ1) is 10.6. The molecule has 2 aromatic heterocycles. The Kier molecular flexibility index (Phi) is 3.84. The number of ketones is 1. The Morgan fingerprint density at radius 1 is 1.14 bits per heavy atom. The monoisotopic (exact) mass is 311 g/mol. The summed E-state index contributed by atoms with van der Waals surface area (Å²) in [5.41, 5.74) is 1.34. The van der Waals surface area contributed by atoms with Crippen molar-refractivity contribution in [3.63, 3.8) is 0 Å². The van der Waals surface area contributed by atoms with Crippen molar-refractivity contribution in [3.8, 4) is 0 Å². The number of nitrogens with zero attached hydrogens (tertiary/aromatic N) is 2. The number of anilines is 1. The van der Waals surface area contributed by atoms with Crippen LogP contribution in [0.1, 0.15) is 25.6 Å². The normalized spacial score (nSPS) is 10.4. The Labute approximate surface area is 131 Å². The zero-order chi connectivity index (χ0) is 15.5. The molecule has 3 aromatic rings. The van der Waals surface area contributed by atoms with Gasteiger partial charge in [0.25, 0.3) is 5.91 Å². The summed E-state index contributed by atoms with van der Waals surface area (Å²) in [6, 6.07) is 10.4. The highest BCUT2D eigenvalue weighted by Gasteiger charge is 2.18. The van der Waals surface area contributed by atoms with Gasteiger partial charge in [0.15, 0.2) is 0 Å². The maximum absolute atomic E-state index is 12.5. The molecule has 0 aliphatic carbocycles. The number of carbonyl (C=O) groups excluding carboxylic acids is 2. The van der Waals surface area contributed by atoms with Gasteiger partial charge < -0.3 is 5.32 Å². The SMILES string of the molecule is Cn1cc(NC(=O)c2ccccc2C(=O)c2cccs2)cn1. The van der Waals surface area contributed by atoms with E-state index in [4.69, 9.17) is 0 Å². The molecule has 1 amide bonds. The molecule has 3 rings (SSSR count). The highest BCUT2D eigenvalue weighted by molar-refractivity contribution is 7.12. The fourth-order valence-electron chi connectivity index (χ4n) is 2.10. The first-order valence-electron chi connectivity index (χ1n) is 6.62. The summed E-state index contributed by atoms with van der Waals surface area (Å²) in [6.45, 7) is 0. The largest absolute Gasteiger partial charge is 0.319 e. The van der Waals surface area contributed by atoms with E-state index in [1.54, 1.807) is 54.5 Å². The lowest BCUT2D eigenvalue weighted by molar-refractivity contribution is 0.0998. The summed E-state index contributed by atoms with van der Waals surface area (Å²) in [7, 11) is 1.77. The first kappa shape index (κ1) is 14.2. The quantitative estimate of drug-likeness (QED) is 0.753. The van der Waals surface area contributed by atoms with Gasteiger partial charge >= 0.3 is 0 Å². The van der Waals surface area contributed by atoms with Gasteiger partial charge in [-0.25, -0.2) is 0 Å². The zero-order valence-electron chi connectivity index (χ0n) is 11.8. The molecule has 6 heteroatoms. The standard InChI is InChI=1S/C16H13N3O2S/c1-19-10-11(9-17-19)18-16(21)13-6-3-2-5-12(13)15(20)14-7-4-8-22-14/h2-10H,1H3,(H,18,21). The maximum atomic E-state index is 12.5. The fraction of sp³-hybridized carbons (Fsp3) is 0.0625. The molecule has 0 saturated carbocycles. The van der Waals surface area contributed by atoms with Crippen molar-refractivity contribution in [2.45, 2.75) is 0 Å². The van der Waals surface area contributed by atoms with Crippen LogP contribution < -0.4 is 5.32 Å². The van der Waals surface area contributed by atoms with Crippen molar-refractivity contribution in [2.75, 3.05) is 5.32 Å². The second kappa shape index (κ2) is 5.95. The second-order valence-corrected chi connectivity index (χ2v) is 5.66. The molecule has 1 aromatic carbocycles. The minimum absolute atomic E-state index is 0.146. The van der Waals surface area contributed by atoms with Crippen LogP contribution in [0.3, 0.4) is 0 Å². The third-order valence-corrected chi connectivity index (χ3v) is 3.99. The Morgan fingerprint density at radius 2 is 1.91 bits per heavy atom. The number of hydrogen-bond donors (Lipinski definition) is 1. The minimum Gasteiger partial charge on any atom is -0.319 e. The molecule has 0 radical (unpaired) electrons. The molecular weight excluding hydrogens is 298 g/mol. The molecule has 110 valence electrons. The summed E-state index contributed by atoms with van der Waals surface area (Å²) in [5, 5.41) is 8.59. The molecule has 0 bridgehead atoms. The maximum Gasteiger partial charge on any atom is 0.256 e. The molecule has 0 spiro atoms. The van der Waals surface area contributed by atoms with Gasteiger partial charge in [0, 0.05) is 18.8 Å². The number of aryl methyl sites for hydroxylation is 1. The molecule has 0 fully saturated rings. The van der Waals surface area contributed by atoms with Gasteiger partial charge in [-0.3, -0.25) is 14.3 Å². The van der Waals surface area contributed by atoms with Crippen LogP contribution in [0.15, 0.2) is 54.2 Å². The van der Waals surface area contributed by atoms with E-state index in [1.807, 2.05) is 11.4 Å². The van der Waals surface area contributed by atoms with Gasteiger partial charge in [-0.2, -0.15) is 5.10 Å². The molecule has 1 N–H and O–H groups in total. The number of amides is 1. The summed E-state index contributed by atoms with van der Waals surface area (Å²) in [4.78, 5) is 25.5. The Balaban J connectivity index is 1.91. The van der Waals surface area contributed by atoms with Crippen LogP contribution in [0.2, 0.25) is 0 Å². The summed E-state index contributed by atoms with van der Waals surface area (Å²) < 4.78 is 1.60. The molecule has 22 heavy (non-hydrogen) atoms. The lowest BCUT2D eigenvalue weighted by atomic mass is 10.0. The van der Waals surface area contributed by atoms with Crippen LogP contribution in [0.25, 0.3) is 0 Å². The molecule has 0 unspecified atom stereocenters. The number of benzene rings is 1. The second-order valence-electron chi connectivity index (χ2n) is 4.71. The average molecular weight is 311 g/mol. The third kappa shape index (κ3) is 2.82. The van der Waals surface area contributed by atoms with Crippen molar-refractivity contribution in [3.05, 3.63) is 70.2 Å². The van der Waals surface area contributed by atoms with Gasteiger partial charge in [-0.15, -0.1) is 11.3 Å². The number of aromatic nitrogens is 2. The average Bonchev–Trinajstić information content (AvgIpc) is 3.18. The van der Waals surface area contributed by atoms with Gasteiger partial charge in [-0.1, -0.05) is 24.3 Å². The lowest BCUT2D eigenvalue weighted by Crippen LogP contribution is -2.16. The van der Waals surface area contributed by atoms with Crippen LogP contribution >= 0.6 is 11.3 Å². The van der Waals surface area contributed by atoms with Crippen LogP contribution in [0.5, 0.6) is 0 Å². The highest BCUT2D eigenvalue weighted by Crippen LogP contribution is 2.19. The van der Waals surface area contributed by atoms with E-state index in [2.05, 4.69) is 10.4 Å². The smallest absolute Gasteiger partial charge is 0.256 e. The van der Waals surface area contributed by atoms with E-state index in [9.17, 15) is 9.59 Å². The van der Waals surface area contributed by atoms with Gasteiger partial charge in [0.2, 0.25) is 5.78 Å². The van der Waals surface area contributed by atoms with Gasteiger partial charge in [-0.05, 0) is 17.5 Å². The zero-order valence-corrected chi connectivity index (χ0v) is 12.6. The Morgan fingerprint density at radius 3 is 2.55 bits per heavy atom. The number of nitrogens with one attached hydrogen (secondary N) is 1. The summed E-state index contributed by atoms with van der Waals surface area (Å²) in [5.74, 6) is -0.472. The number of carbonyl (C=O) groups is 2. The van der Waals surface area contributed by atoms with Crippen LogP contribution in [-0.4, -0.2) is 21.5 Å². The van der Waals surface area contributed by atoms with E-state index in [1.165, 1.54) is 11.3 Å². The minimum atomic E-state index is -0.325. The van der Waals surface area contributed by atoms with Crippen LogP contribution in [0.4, 0.5) is 5.69 Å². The van der Waals surface area contributed by atoms with Crippen LogP contribution in [0, 0.1) is 0 Å². The predicted octanol–water partition coefficient (Wildman–Crippen LogP) is 2.96. The molecule has 0 saturated heterocycles. The summed E-state index contributed by atoms with van der Waals surface area (Å²) >= 11 is 1.36.